The first kappa shape index (κ1) is 17.7. The molecule has 6 heteroatoms. The van der Waals surface area contributed by atoms with Gasteiger partial charge in [-0.05, 0) is 48.9 Å². The highest BCUT2D eigenvalue weighted by Crippen LogP contribution is 2.22. The summed E-state index contributed by atoms with van der Waals surface area (Å²) in [5.74, 6) is -1.13. The van der Waals surface area contributed by atoms with Crippen molar-refractivity contribution in [3.63, 3.8) is 0 Å². The minimum Gasteiger partial charge on any atom is -0.478 e. The maximum absolute atomic E-state index is 12.4. The summed E-state index contributed by atoms with van der Waals surface area (Å²) in [5.41, 5.74) is 1.22. The van der Waals surface area contributed by atoms with Gasteiger partial charge in [-0.3, -0.25) is 0 Å². The van der Waals surface area contributed by atoms with Gasteiger partial charge in [0.15, 0.2) is 0 Å². The van der Waals surface area contributed by atoms with E-state index >= 15 is 0 Å². The van der Waals surface area contributed by atoms with Gasteiger partial charge in [0.1, 0.15) is 0 Å². The monoisotopic (exact) mass is 313 g/mol. The topological polar surface area (TPSA) is 83.5 Å². The molecule has 0 atom stereocenters. The molecule has 0 spiro atoms. The van der Waals surface area contributed by atoms with Gasteiger partial charge in [-0.25, -0.2) is 17.9 Å². The summed E-state index contributed by atoms with van der Waals surface area (Å²) in [5, 5.41) is 9.06. The molecule has 0 fully saturated rings. The Balaban J connectivity index is 3.11. The Bertz CT molecular complexity index is 642. The molecule has 0 saturated heterocycles. The smallest absolute Gasteiger partial charge is 0.335 e. The van der Waals surface area contributed by atoms with E-state index in [1.165, 1.54) is 12.1 Å². The molecule has 1 aromatic rings. The normalized spacial score (nSPS) is 12.4. The SMILES string of the molecule is Cc1cc(C(=O)O)cc(S(=O)(=O)NCCC(C)(C)C)c1C. The highest BCUT2D eigenvalue weighted by molar-refractivity contribution is 7.89. The molecule has 0 unspecified atom stereocenters. The second-order valence-electron chi connectivity index (χ2n) is 6.43. The van der Waals surface area contributed by atoms with Gasteiger partial charge in [-0.15, -0.1) is 0 Å². The molecule has 0 aliphatic rings. The van der Waals surface area contributed by atoms with Gasteiger partial charge >= 0.3 is 5.97 Å². The molecular formula is C15H23NO4S. The third-order valence-electron chi connectivity index (χ3n) is 3.32. The van der Waals surface area contributed by atoms with Crippen molar-refractivity contribution >= 4 is 16.0 Å². The van der Waals surface area contributed by atoms with Crippen LogP contribution in [0.1, 0.15) is 48.7 Å². The van der Waals surface area contributed by atoms with Crippen molar-refractivity contribution < 1.29 is 18.3 Å². The molecule has 0 radical (unpaired) electrons. The van der Waals surface area contributed by atoms with Gasteiger partial charge in [0.05, 0.1) is 10.5 Å². The summed E-state index contributed by atoms with van der Waals surface area (Å²) >= 11 is 0. The number of aryl methyl sites for hydroxylation is 1. The first-order valence-corrected chi connectivity index (χ1v) is 8.26. The first-order chi connectivity index (χ1) is 9.44. The van der Waals surface area contributed by atoms with Crippen LogP contribution in [-0.4, -0.2) is 26.0 Å². The number of rotatable bonds is 5. The van der Waals surface area contributed by atoms with E-state index in [1.807, 2.05) is 20.8 Å². The van der Waals surface area contributed by atoms with E-state index in [1.54, 1.807) is 13.8 Å². The van der Waals surface area contributed by atoms with Gasteiger partial charge in [-0.2, -0.15) is 0 Å². The van der Waals surface area contributed by atoms with Crippen molar-refractivity contribution in [2.24, 2.45) is 5.41 Å². The maximum atomic E-state index is 12.4. The van der Waals surface area contributed by atoms with E-state index in [2.05, 4.69) is 4.72 Å². The summed E-state index contributed by atoms with van der Waals surface area (Å²) < 4.78 is 27.3. The largest absolute Gasteiger partial charge is 0.478 e. The van der Waals surface area contributed by atoms with Gasteiger partial charge in [0.25, 0.3) is 0 Å². The first-order valence-electron chi connectivity index (χ1n) is 6.78. The van der Waals surface area contributed by atoms with Crippen molar-refractivity contribution in [3.05, 3.63) is 28.8 Å². The van der Waals surface area contributed by atoms with Crippen LogP contribution in [-0.2, 0) is 10.0 Å². The number of aromatic carboxylic acids is 1. The second-order valence-corrected chi connectivity index (χ2v) is 8.17. The van der Waals surface area contributed by atoms with Gasteiger partial charge in [0.2, 0.25) is 10.0 Å². The van der Waals surface area contributed by atoms with Crippen LogP contribution in [0.15, 0.2) is 17.0 Å². The minimum atomic E-state index is -3.71. The highest BCUT2D eigenvalue weighted by atomic mass is 32.2. The lowest BCUT2D eigenvalue weighted by Crippen LogP contribution is -2.28. The number of carboxylic acids is 1. The molecule has 0 aliphatic carbocycles. The zero-order chi connectivity index (χ0) is 16.4. The van der Waals surface area contributed by atoms with Gasteiger partial charge in [0, 0.05) is 6.54 Å². The summed E-state index contributed by atoms with van der Waals surface area (Å²) in [4.78, 5) is 11.1. The number of carbonyl (C=O) groups is 1. The molecule has 118 valence electrons. The molecule has 21 heavy (non-hydrogen) atoms. The Kier molecular flexibility index (Phi) is 5.17. The van der Waals surface area contributed by atoms with E-state index in [9.17, 15) is 13.2 Å². The summed E-state index contributed by atoms with van der Waals surface area (Å²) in [7, 11) is -3.71. The lowest BCUT2D eigenvalue weighted by Gasteiger charge is -2.18. The maximum Gasteiger partial charge on any atom is 0.335 e. The van der Waals surface area contributed by atoms with Crippen molar-refractivity contribution in [2.45, 2.75) is 45.9 Å². The van der Waals surface area contributed by atoms with Gasteiger partial charge < -0.3 is 5.11 Å². The fourth-order valence-electron chi connectivity index (χ4n) is 1.87. The molecule has 0 heterocycles. The average Bonchev–Trinajstić information content (AvgIpc) is 2.29. The van der Waals surface area contributed by atoms with E-state index in [0.29, 0.717) is 24.1 Å². The second kappa shape index (κ2) is 6.15. The number of sulfonamides is 1. The molecule has 0 aromatic heterocycles. The van der Waals surface area contributed by atoms with E-state index < -0.39 is 16.0 Å². The molecule has 0 amide bonds. The van der Waals surface area contributed by atoms with E-state index in [-0.39, 0.29) is 15.9 Å². The molecule has 5 nitrogen and oxygen atoms in total. The van der Waals surface area contributed by atoms with Crippen LogP contribution in [0, 0.1) is 19.3 Å². The zero-order valence-corrected chi connectivity index (χ0v) is 14.0. The average molecular weight is 313 g/mol. The molecule has 1 rings (SSSR count). The molecule has 0 aliphatic heterocycles. The van der Waals surface area contributed by atoms with Crippen LogP contribution in [0.3, 0.4) is 0 Å². The molecule has 0 saturated carbocycles. The Morgan fingerprint density at radius 1 is 1.24 bits per heavy atom. The van der Waals surface area contributed by atoms with Crippen LogP contribution >= 0.6 is 0 Å². The summed E-state index contributed by atoms with van der Waals surface area (Å²) in [6.45, 7) is 9.79. The zero-order valence-electron chi connectivity index (χ0n) is 13.1. The van der Waals surface area contributed by atoms with Crippen molar-refractivity contribution in [1.29, 1.82) is 0 Å². The predicted octanol–water partition coefficient (Wildman–Crippen LogP) is 2.72. The third kappa shape index (κ3) is 4.82. The number of hydrogen-bond acceptors (Lipinski definition) is 3. The molecular weight excluding hydrogens is 290 g/mol. The fraction of sp³-hybridized carbons (Fsp3) is 0.533. The van der Waals surface area contributed by atoms with Crippen LogP contribution in [0.25, 0.3) is 0 Å². The standard InChI is InChI=1S/C15H23NO4S/c1-10-8-12(14(17)18)9-13(11(10)2)21(19,20)16-7-6-15(3,4)5/h8-9,16H,6-7H2,1-5H3,(H,17,18). The Labute approximate surface area is 126 Å². The van der Waals surface area contributed by atoms with Crippen molar-refractivity contribution in [3.8, 4) is 0 Å². The molecule has 0 bridgehead atoms. The number of carboxylic acid groups (broad SMARTS) is 1. The summed E-state index contributed by atoms with van der Waals surface area (Å²) in [6, 6.07) is 2.69. The van der Waals surface area contributed by atoms with Crippen molar-refractivity contribution in [1.82, 2.24) is 4.72 Å². The minimum absolute atomic E-state index is 0.0192. The van der Waals surface area contributed by atoms with Gasteiger partial charge in [-0.1, -0.05) is 20.8 Å². The van der Waals surface area contributed by atoms with E-state index in [4.69, 9.17) is 5.11 Å². The van der Waals surface area contributed by atoms with Crippen LogP contribution < -0.4 is 4.72 Å². The number of benzene rings is 1. The highest BCUT2D eigenvalue weighted by Gasteiger charge is 2.21. The Hall–Kier alpha value is -1.40. The lowest BCUT2D eigenvalue weighted by molar-refractivity contribution is 0.0696. The molecule has 2 N–H and O–H groups in total. The van der Waals surface area contributed by atoms with Crippen LogP contribution in [0.5, 0.6) is 0 Å². The number of hydrogen-bond donors (Lipinski definition) is 2. The van der Waals surface area contributed by atoms with Crippen molar-refractivity contribution in [2.75, 3.05) is 6.54 Å². The van der Waals surface area contributed by atoms with E-state index in [0.717, 1.165) is 0 Å². The molecule has 1 aromatic carbocycles. The number of nitrogens with one attached hydrogen (secondary N) is 1. The van der Waals surface area contributed by atoms with Crippen LogP contribution in [0.2, 0.25) is 0 Å². The fourth-order valence-corrected chi connectivity index (χ4v) is 3.24. The lowest BCUT2D eigenvalue weighted by atomic mass is 9.93. The third-order valence-corrected chi connectivity index (χ3v) is 4.91. The quantitative estimate of drug-likeness (QED) is 0.875. The Morgan fingerprint density at radius 2 is 1.81 bits per heavy atom. The Morgan fingerprint density at radius 3 is 2.29 bits per heavy atom. The predicted molar refractivity (Wildman–Crippen MR) is 82.1 cm³/mol. The van der Waals surface area contributed by atoms with Crippen LogP contribution in [0.4, 0.5) is 0 Å². The summed E-state index contributed by atoms with van der Waals surface area (Å²) in [6.07, 6.45) is 0.697.